The van der Waals surface area contributed by atoms with E-state index in [1.807, 2.05) is 58.0 Å². The molecule has 0 spiro atoms. The van der Waals surface area contributed by atoms with Gasteiger partial charge < -0.3 is 34.6 Å². The lowest BCUT2D eigenvalue weighted by Gasteiger charge is -2.49. The third kappa shape index (κ3) is 11.0. The molecule has 4 N–H and O–H groups in total. The lowest BCUT2D eigenvalue weighted by atomic mass is 9.77. The Morgan fingerprint density at radius 2 is 1.76 bits per heavy atom. The first-order chi connectivity index (χ1) is 23.0. The van der Waals surface area contributed by atoms with Crippen LogP contribution in [0.2, 0.25) is 0 Å². The molecule has 0 aliphatic carbocycles. The number of aliphatic carboxylic acids is 2. The monoisotopic (exact) mass is 694 g/mol. The number of carboxylic acids is 2. The van der Waals surface area contributed by atoms with Gasteiger partial charge in [0.15, 0.2) is 17.7 Å². The fourth-order valence-corrected chi connectivity index (χ4v) is 6.15. The molecule has 2 fully saturated rings. The highest BCUT2D eigenvalue weighted by atomic mass is 19.1. The summed E-state index contributed by atoms with van der Waals surface area (Å²) in [5.74, 6) is -4.22. The van der Waals surface area contributed by atoms with Gasteiger partial charge in [-0.3, -0.25) is 9.59 Å². The van der Waals surface area contributed by atoms with Crippen LogP contribution < -0.4 is 0 Å². The Hall–Kier alpha value is -3.45. The van der Waals surface area contributed by atoms with Crippen molar-refractivity contribution in [3.05, 3.63) is 60.2 Å². The van der Waals surface area contributed by atoms with Crippen LogP contribution in [0, 0.1) is 17.8 Å². The Kier molecular flexibility index (Phi) is 17.5. The number of alkyl halides is 1. The number of aliphatic hydroxyl groups is 2. The maximum Gasteiger partial charge on any atom is 0.339 e. The Balaban J connectivity index is 0.000000726. The van der Waals surface area contributed by atoms with Gasteiger partial charge in [-0.15, -0.1) is 0 Å². The number of carboxylic acid groups (broad SMARTS) is 2. The van der Waals surface area contributed by atoms with Gasteiger partial charge in [0.1, 0.15) is 25.0 Å². The largest absolute Gasteiger partial charge is 0.479 e. The van der Waals surface area contributed by atoms with Crippen molar-refractivity contribution in [2.24, 2.45) is 17.8 Å². The zero-order valence-electron chi connectivity index (χ0n) is 29.8. The number of hydrogen-bond acceptors (Lipinski definition) is 9. The molecule has 276 valence electrons. The molecule has 9 atom stereocenters. The molecule has 0 saturated carbocycles. The second-order valence-electron chi connectivity index (χ2n) is 12.7. The Morgan fingerprint density at radius 1 is 1.14 bits per heavy atom. The van der Waals surface area contributed by atoms with Gasteiger partial charge in [-0.2, -0.15) is 0 Å². The minimum absolute atomic E-state index is 0.0579. The molecule has 2 heterocycles. The van der Waals surface area contributed by atoms with Crippen LogP contribution in [-0.4, -0.2) is 86.6 Å². The summed E-state index contributed by atoms with van der Waals surface area (Å²) < 4.78 is 30.4. The molecule has 0 aromatic heterocycles. The summed E-state index contributed by atoms with van der Waals surface area (Å²) in [4.78, 5) is 45.7. The number of aldehydes is 1. The third-order valence-corrected chi connectivity index (χ3v) is 8.93. The maximum absolute atomic E-state index is 13.8. The molecule has 12 heteroatoms. The van der Waals surface area contributed by atoms with Crippen LogP contribution in [0.1, 0.15) is 86.1 Å². The zero-order chi connectivity index (χ0) is 37.6. The molecule has 11 nitrogen and oxygen atoms in total. The first kappa shape index (κ1) is 43.6. The van der Waals surface area contributed by atoms with Crippen LogP contribution in [0.15, 0.2) is 54.6 Å². The average Bonchev–Trinajstić information content (AvgIpc) is 3.34. The molecule has 2 aliphatic rings. The van der Waals surface area contributed by atoms with Crippen LogP contribution in [0.4, 0.5) is 4.39 Å². The van der Waals surface area contributed by atoms with Gasteiger partial charge in [-0.25, -0.2) is 14.0 Å². The number of halogens is 1. The quantitative estimate of drug-likeness (QED) is 0.0748. The van der Waals surface area contributed by atoms with Gasteiger partial charge >= 0.3 is 17.9 Å². The molecule has 49 heavy (non-hydrogen) atoms. The van der Waals surface area contributed by atoms with E-state index in [0.717, 1.165) is 18.4 Å². The summed E-state index contributed by atoms with van der Waals surface area (Å²) in [5.41, 5.74) is -3.94. The molecular weight excluding hydrogens is 639 g/mol. The van der Waals surface area contributed by atoms with E-state index in [0.29, 0.717) is 23.8 Å². The lowest BCUT2D eigenvalue weighted by Crippen LogP contribution is -2.72. The Morgan fingerprint density at radius 3 is 2.24 bits per heavy atom. The number of aliphatic hydroxyl groups excluding tert-OH is 1. The zero-order valence-corrected chi connectivity index (χ0v) is 29.8. The van der Waals surface area contributed by atoms with Crippen molar-refractivity contribution in [2.45, 2.75) is 122 Å². The van der Waals surface area contributed by atoms with Crippen LogP contribution in [-0.2, 0) is 39.8 Å². The number of ether oxygens (including phenoxy) is 3. The van der Waals surface area contributed by atoms with Crippen molar-refractivity contribution in [2.75, 3.05) is 6.67 Å². The fourth-order valence-electron chi connectivity index (χ4n) is 6.15. The van der Waals surface area contributed by atoms with E-state index in [1.165, 1.54) is 13.0 Å². The highest BCUT2D eigenvalue weighted by molar-refractivity contribution is 5.87. The summed E-state index contributed by atoms with van der Waals surface area (Å²) >= 11 is 0. The van der Waals surface area contributed by atoms with Gasteiger partial charge in [-0.1, -0.05) is 91.0 Å². The van der Waals surface area contributed by atoms with Gasteiger partial charge in [0, 0.05) is 31.8 Å². The molecule has 1 aromatic carbocycles. The second kappa shape index (κ2) is 19.7. The smallest absolute Gasteiger partial charge is 0.339 e. The van der Waals surface area contributed by atoms with Crippen molar-refractivity contribution in [3.8, 4) is 0 Å². The predicted octanol–water partition coefficient (Wildman–Crippen LogP) is 5.46. The first-order valence-corrected chi connectivity index (χ1v) is 16.8. The molecule has 2 saturated heterocycles. The minimum atomic E-state index is -2.84. The highest BCUT2D eigenvalue weighted by Gasteiger charge is 2.76. The Bertz CT molecular complexity index is 1270. The van der Waals surface area contributed by atoms with Crippen LogP contribution in [0.5, 0.6) is 0 Å². The van der Waals surface area contributed by atoms with Gasteiger partial charge in [0.2, 0.25) is 5.60 Å². The van der Waals surface area contributed by atoms with Crippen molar-refractivity contribution in [1.29, 1.82) is 0 Å². The molecule has 0 amide bonds. The standard InChI is InChI=1S/C25H31FO9.C10H18O2.C2H6/c1-15(21(33-17(3)28)16(2)11-18-7-5-4-6-8-18)9-10-25-19(29)12-24(35-25,22(30)31)23(32,14-27)20(13-26)34-25;1-4-8(2)7-9(3)5-6-10(11)12;1-2/h4-8,14,16,19-21,29,32H,1,9-13H2,2-3H3,(H,30,31);5-6,8-9H,4,7H2,1-3H3,(H,11,12);1-2H3/b;6-5+;/t16?,19-,20?,21?,23?,24?,25?;8?,9-;/m11./s1. The number of fused-ring (bicyclic) bond motifs is 2. The molecule has 0 radical (unpaired) electrons. The number of carbonyl (C=O) groups excluding carboxylic acids is 2. The van der Waals surface area contributed by atoms with Crippen LogP contribution >= 0.6 is 0 Å². The molecule has 2 aliphatic heterocycles. The number of esters is 1. The molecule has 1 aromatic rings. The van der Waals surface area contributed by atoms with E-state index in [-0.39, 0.29) is 25.0 Å². The number of benzene rings is 1. The predicted molar refractivity (Wildman–Crippen MR) is 181 cm³/mol. The second-order valence-corrected chi connectivity index (χ2v) is 12.7. The first-order valence-electron chi connectivity index (χ1n) is 16.8. The van der Waals surface area contributed by atoms with Crippen molar-refractivity contribution < 1.29 is 58.2 Å². The molecule has 7 unspecified atom stereocenters. The number of hydrogen-bond donors (Lipinski definition) is 4. The number of carbonyl (C=O) groups is 4. The molecule has 2 bridgehead atoms. The van der Waals surface area contributed by atoms with Gasteiger partial charge in [0.25, 0.3) is 0 Å². The van der Waals surface area contributed by atoms with E-state index >= 15 is 0 Å². The van der Waals surface area contributed by atoms with Gasteiger partial charge in [0.05, 0.1) is 0 Å². The number of allylic oxidation sites excluding steroid dienone is 1. The number of rotatable bonds is 16. The highest BCUT2D eigenvalue weighted by Crippen LogP contribution is 2.54. The summed E-state index contributed by atoms with van der Waals surface area (Å²) in [6.45, 7) is 16.2. The summed E-state index contributed by atoms with van der Waals surface area (Å²) in [6, 6.07) is 9.57. The molecular formula is C37H55FO11. The van der Waals surface area contributed by atoms with Crippen molar-refractivity contribution in [1.82, 2.24) is 0 Å². The van der Waals surface area contributed by atoms with E-state index in [9.17, 15) is 38.9 Å². The Labute approximate surface area is 289 Å². The summed E-state index contributed by atoms with van der Waals surface area (Å²) in [5, 5.41) is 39.6. The summed E-state index contributed by atoms with van der Waals surface area (Å²) in [7, 11) is 0. The van der Waals surface area contributed by atoms with E-state index in [4.69, 9.17) is 19.3 Å². The summed E-state index contributed by atoms with van der Waals surface area (Å²) in [6.07, 6.45) is 0.724. The van der Waals surface area contributed by atoms with Crippen LogP contribution in [0.3, 0.4) is 0 Å². The van der Waals surface area contributed by atoms with E-state index in [2.05, 4.69) is 20.4 Å². The lowest BCUT2D eigenvalue weighted by molar-refractivity contribution is -0.374. The average molecular weight is 695 g/mol. The van der Waals surface area contributed by atoms with Crippen LogP contribution in [0.25, 0.3) is 0 Å². The normalized spacial score (nSPS) is 28.0. The third-order valence-electron chi connectivity index (χ3n) is 8.93. The minimum Gasteiger partial charge on any atom is -0.479 e. The molecule has 3 rings (SSSR count). The van der Waals surface area contributed by atoms with Crippen molar-refractivity contribution >= 4 is 24.2 Å². The van der Waals surface area contributed by atoms with Crippen molar-refractivity contribution in [3.63, 3.8) is 0 Å². The maximum atomic E-state index is 13.8. The van der Waals surface area contributed by atoms with E-state index in [1.54, 1.807) is 6.08 Å². The topological polar surface area (TPSA) is 177 Å². The van der Waals surface area contributed by atoms with E-state index < -0.39 is 66.3 Å². The fraction of sp³-hybridized carbons (Fsp3) is 0.622. The van der Waals surface area contributed by atoms with Gasteiger partial charge in [-0.05, 0) is 42.2 Å². The SMILES string of the molecule is C=C(CCC12OC(CF)C(O)(C=O)C(C(=O)O)(C[C@H]1O)O2)C(OC(C)=O)C(C)Cc1ccccc1.CC.CCC(C)C[C@H](C)/C=C/C(=O)O.